The Balaban J connectivity index is 1.69. The minimum absolute atomic E-state index is 0.213. The van der Waals surface area contributed by atoms with E-state index in [1.54, 1.807) is 11.0 Å². The highest BCUT2D eigenvalue weighted by Gasteiger charge is 2.26. The van der Waals surface area contributed by atoms with Crippen molar-refractivity contribution < 1.29 is 14.3 Å². The van der Waals surface area contributed by atoms with E-state index >= 15 is 0 Å². The van der Waals surface area contributed by atoms with Crippen molar-refractivity contribution in [2.45, 2.75) is 6.10 Å². The Bertz CT molecular complexity index is 728. The number of hydrogen-bond acceptors (Lipinski definition) is 5. The average molecular weight is 349 g/mol. The van der Waals surface area contributed by atoms with Gasteiger partial charge in [-0.1, -0.05) is 23.7 Å². The van der Waals surface area contributed by atoms with E-state index in [-0.39, 0.29) is 12.1 Å². The molecule has 1 fully saturated rings. The fourth-order valence-corrected chi connectivity index (χ4v) is 2.68. The number of rotatable bonds is 3. The first-order valence-electron chi connectivity index (χ1n) is 7.44. The SMILES string of the molecule is COc1cncnc1NC(=O)N1CCOC(c2cccc(Cl)c2)C1. The summed E-state index contributed by atoms with van der Waals surface area (Å²) in [6, 6.07) is 7.19. The van der Waals surface area contributed by atoms with Gasteiger partial charge in [0.2, 0.25) is 0 Å². The third-order valence-corrected chi connectivity index (χ3v) is 3.93. The third kappa shape index (κ3) is 3.74. The second kappa shape index (κ2) is 7.46. The van der Waals surface area contributed by atoms with E-state index in [2.05, 4.69) is 15.3 Å². The Morgan fingerprint density at radius 1 is 1.50 bits per heavy atom. The molecule has 1 N–H and O–H groups in total. The number of halogens is 1. The van der Waals surface area contributed by atoms with E-state index in [1.165, 1.54) is 19.6 Å². The molecule has 0 spiro atoms. The molecule has 8 heteroatoms. The fourth-order valence-electron chi connectivity index (χ4n) is 2.48. The Hall–Kier alpha value is -2.38. The van der Waals surface area contributed by atoms with Crippen LogP contribution >= 0.6 is 11.6 Å². The van der Waals surface area contributed by atoms with Crippen LogP contribution in [0.1, 0.15) is 11.7 Å². The Labute approximate surface area is 144 Å². The van der Waals surface area contributed by atoms with Crippen molar-refractivity contribution in [3.63, 3.8) is 0 Å². The first-order valence-corrected chi connectivity index (χ1v) is 7.82. The van der Waals surface area contributed by atoms with Gasteiger partial charge in [-0.05, 0) is 17.7 Å². The fraction of sp³-hybridized carbons (Fsp3) is 0.312. The molecule has 1 aliphatic rings. The topological polar surface area (TPSA) is 76.6 Å². The number of ether oxygens (including phenoxy) is 2. The number of nitrogens with zero attached hydrogens (tertiary/aromatic N) is 3. The van der Waals surface area contributed by atoms with E-state index in [9.17, 15) is 4.79 Å². The van der Waals surface area contributed by atoms with Crippen molar-refractivity contribution in [1.82, 2.24) is 14.9 Å². The van der Waals surface area contributed by atoms with Crippen molar-refractivity contribution in [2.24, 2.45) is 0 Å². The van der Waals surface area contributed by atoms with Gasteiger partial charge in [0.1, 0.15) is 12.4 Å². The Morgan fingerprint density at radius 2 is 2.38 bits per heavy atom. The smallest absolute Gasteiger partial charge is 0.323 e. The summed E-state index contributed by atoms with van der Waals surface area (Å²) in [6.07, 6.45) is 2.64. The van der Waals surface area contributed by atoms with Crippen LogP contribution in [-0.4, -0.2) is 47.7 Å². The van der Waals surface area contributed by atoms with Gasteiger partial charge in [-0.15, -0.1) is 0 Å². The molecule has 0 aliphatic carbocycles. The van der Waals surface area contributed by atoms with Gasteiger partial charge in [0, 0.05) is 11.6 Å². The molecule has 126 valence electrons. The lowest BCUT2D eigenvalue weighted by Gasteiger charge is -2.33. The van der Waals surface area contributed by atoms with Crippen LogP contribution in [0.4, 0.5) is 10.6 Å². The molecule has 1 aromatic heterocycles. The summed E-state index contributed by atoms with van der Waals surface area (Å²) in [7, 11) is 1.50. The molecule has 7 nitrogen and oxygen atoms in total. The molecule has 2 aromatic rings. The first-order chi connectivity index (χ1) is 11.7. The van der Waals surface area contributed by atoms with E-state index in [0.717, 1.165) is 5.56 Å². The number of aromatic nitrogens is 2. The molecule has 2 amide bonds. The summed E-state index contributed by atoms with van der Waals surface area (Å²) in [6.45, 7) is 1.38. The van der Waals surface area contributed by atoms with Gasteiger partial charge in [-0.3, -0.25) is 5.32 Å². The van der Waals surface area contributed by atoms with Crippen LogP contribution in [0.25, 0.3) is 0 Å². The van der Waals surface area contributed by atoms with E-state index in [1.807, 2.05) is 18.2 Å². The highest BCUT2D eigenvalue weighted by Crippen LogP contribution is 2.25. The zero-order valence-electron chi connectivity index (χ0n) is 13.1. The molecule has 1 unspecified atom stereocenters. The Morgan fingerprint density at radius 3 is 3.17 bits per heavy atom. The summed E-state index contributed by atoms with van der Waals surface area (Å²) in [4.78, 5) is 22.1. The summed E-state index contributed by atoms with van der Waals surface area (Å²) >= 11 is 6.03. The lowest BCUT2D eigenvalue weighted by Crippen LogP contribution is -2.44. The maximum atomic E-state index is 12.5. The summed E-state index contributed by atoms with van der Waals surface area (Å²) in [5, 5.41) is 3.39. The number of morpholine rings is 1. The number of methoxy groups -OCH3 is 1. The molecule has 2 heterocycles. The number of anilines is 1. The third-order valence-electron chi connectivity index (χ3n) is 3.70. The van der Waals surface area contributed by atoms with Crippen molar-refractivity contribution in [1.29, 1.82) is 0 Å². The minimum atomic E-state index is -0.262. The molecular formula is C16H17ClN4O3. The first kappa shape index (κ1) is 16.5. The normalized spacial score (nSPS) is 17.4. The second-order valence-corrected chi connectivity index (χ2v) is 5.67. The molecule has 1 atom stereocenters. The number of carbonyl (C=O) groups excluding carboxylic acids is 1. The molecule has 24 heavy (non-hydrogen) atoms. The lowest BCUT2D eigenvalue weighted by atomic mass is 10.1. The van der Waals surface area contributed by atoms with Crippen molar-refractivity contribution >= 4 is 23.4 Å². The van der Waals surface area contributed by atoms with Gasteiger partial charge in [-0.2, -0.15) is 0 Å². The quantitative estimate of drug-likeness (QED) is 0.923. The summed E-state index contributed by atoms with van der Waals surface area (Å²) < 4.78 is 10.9. The van der Waals surface area contributed by atoms with Crippen LogP contribution in [-0.2, 0) is 4.74 Å². The maximum absolute atomic E-state index is 12.5. The molecule has 1 aromatic carbocycles. The standard InChI is InChI=1S/C16H17ClN4O3/c1-23-13-8-18-10-19-15(13)20-16(22)21-5-6-24-14(9-21)11-3-2-4-12(17)7-11/h2-4,7-8,10,14H,5-6,9H2,1H3,(H,18,19,20,22). The molecule has 0 radical (unpaired) electrons. The van der Waals surface area contributed by atoms with E-state index < -0.39 is 0 Å². The largest absolute Gasteiger partial charge is 0.491 e. The number of carbonyl (C=O) groups is 1. The van der Waals surface area contributed by atoms with Crippen LogP contribution in [0.2, 0.25) is 5.02 Å². The minimum Gasteiger partial charge on any atom is -0.491 e. The molecular weight excluding hydrogens is 332 g/mol. The predicted molar refractivity (Wildman–Crippen MR) is 89.3 cm³/mol. The number of benzene rings is 1. The van der Waals surface area contributed by atoms with Crippen LogP contribution in [0, 0.1) is 0 Å². The predicted octanol–water partition coefficient (Wildman–Crippen LogP) is 2.74. The van der Waals surface area contributed by atoms with Gasteiger partial charge in [-0.25, -0.2) is 14.8 Å². The highest BCUT2D eigenvalue weighted by molar-refractivity contribution is 6.30. The van der Waals surface area contributed by atoms with Crippen molar-refractivity contribution in [3.05, 3.63) is 47.4 Å². The highest BCUT2D eigenvalue weighted by atomic mass is 35.5. The van der Waals surface area contributed by atoms with E-state index in [4.69, 9.17) is 21.1 Å². The maximum Gasteiger partial charge on any atom is 0.323 e. The molecule has 0 saturated carbocycles. The Kier molecular flexibility index (Phi) is 5.12. The summed E-state index contributed by atoms with van der Waals surface area (Å²) in [5.41, 5.74) is 0.944. The van der Waals surface area contributed by atoms with Crippen LogP contribution in [0.15, 0.2) is 36.8 Å². The van der Waals surface area contributed by atoms with Gasteiger partial charge in [0.05, 0.1) is 26.5 Å². The van der Waals surface area contributed by atoms with Crippen molar-refractivity contribution in [2.75, 3.05) is 32.1 Å². The number of amides is 2. The van der Waals surface area contributed by atoms with Gasteiger partial charge < -0.3 is 14.4 Å². The molecule has 0 bridgehead atoms. The molecule has 1 saturated heterocycles. The van der Waals surface area contributed by atoms with E-state index in [0.29, 0.717) is 36.3 Å². The zero-order chi connectivity index (χ0) is 16.9. The van der Waals surface area contributed by atoms with Crippen LogP contribution in [0.3, 0.4) is 0 Å². The number of urea groups is 1. The number of hydrogen-bond donors (Lipinski definition) is 1. The monoisotopic (exact) mass is 348 g/mol. The summed E-state index contributed by atoms with van der Waals surface area (Å²) in [5.74, 6) is 0.744. The molecule has 3 rings (SSSR count). The second-order valence-electron chi connectivity index (χ2n) is 5.23. The van der Waals surface area contributed by atoms with Gasteiger partial charge in [0.15, 0.2) is 11.6 Å². The van der Waals surface area contributed by atoms with Crippen LogP contribution < -0.4 is 10.1 Å². The van der Waals surface area contributed by atoms with Crippen molar-refractivity contribution in [3.8, 4) is 5.75 Å². The lowest BCUT2D eigenvalue weighted by molar-refractivity contribution is -0.0135. The molecule has 1 aliphatic heterocycles. The zero-order valence-corrected chi connectivity index (χ0v) is 13.9. The average Bonchev–Trinajstić information content (AvgIpc) is 2.62. The van der Waals surface area contributed by atoms with Gasteiger partial charge in [0.25, 0.3) is 0 Å². The van der Waals surface area contributed by atoms with Crippen LogP contribution in [0.5, 0.6) is 5.75 Å². The van der Waals surface area contributed by atoms with Gasteiger partial charge >= 0.3 is 6.03 Å². The number of nitrogens with one attached hydrogen (secondary N) is 1.